The summed E-state index contributed by atoms with van der Waals surface area (Å²) in [4.78, 5) is 37.9. The van der Waals surface area contributed by atoms with Gasteiger partial charge in [-0.3, -0.25) is 0 Å². The van der Waals surface area contributed by atoms with Crippen molar-refractivity contribution in [3.05, 3.63) is 47.8 Å². The van der Waals surface area contributed by atoms with Gasteiger partial charge in [-0.1, -0.05) is 30.0 Å². The molecule has 0 bridgehead atoms. The number of thioether (sulfide) groups is 1. The minimum atomic E-state index is -0.708. The second-order valence-corrected chi connectivity index (χ2v) is 12.4. The monoisotopic (exact) mass is 550 g/mol. The van der Waals surface area contributed by atoms with Crippen molar-refractivity contribution in [3.63, 3.8) is 0 Å². The molecular formula is C28H34N6O4S. The van der Waals surface area contributed by atoms with Crippen LogP contribution >= 0.6 is 11.8 Å². The highest BCUT2D eigenvalue weighted by Gasteiger charge is 2.38. The van der Waals surface area contributed by atoms with Crippen LogP contribution in [0.3, 0.4) is 0 Å². The lowest BCUT2D eigenvalue weighted by molar-refractivity contribution is 0.0527. The zero-order valence-corrected chi connectivity index (χ0v) is 24.2. The van der Waals surface area contributed by atoms with Gasteiger partial charge >= 0.3 is 12.2 Å². The molecule has 0 saturated heterocycles. The van der Waals surface area contributed by atoms with Gasteiger partial charge in [0.2, 0.25) is 5.95 Å². The number of anilines is 1. The quantitative estimate of drug-likeness (QED) is 0.291. The Bertz CT molecular complexity index is 1560. The fourth-order valence-electron chi connectivity index (χ4n) is 4.97. The first-order valence-electron chi connectivity index (χ1n) is 13.0. The molecule has 3 heterocycles. The van der Waals surface area contributed by atoms with E-state index in [9.17, 15) is 9.59 Å². The molecular weight excluding hydrogens is 516 g/mol. The predicted octanol–water partition coefficient (Wildman–Crippen LogP) is 5.88. The molecule has 0 spiro atoms. The summed E-state index contributed by atoms with van der Waals surface area (Å²) in [7, 11) is 0. The lowest BCUT2D eigenvalue weighted by Gasteiger charge is -2.35. The molecule has 0 saturated carbocycles. The minimum absolute atomic E-state index is 0.290. The SMILES string of the molecule is CSc1nc(N(C(=O)OC(C)(C)C)[C@@H]2CCc3c(c4ccccc4n3C(=O)OC(C)(C)C)C2)n2nccc2n1. The molecule has 0 unspecified atom stereocenters. The van der Waals surface area contributed by atoms with E-state index in [1.807, 2.05) is 72.1 Å². The molecule has 1 aliphatic rings. The number of carbonyl (C=O) groups excluding carboxylic acids is 2. The maximum absolute atomic E-state index is 13.8. The molecule has 1 aliphatic carbocycles. The number of aromatic nitrogens is 5. The van der Waals surface area contributed by atoms with Gasteiger partial charge in [-0.05, 0) is 78.7 Å². The summed E-state index contributed by atoms with van der Waals surface area (Å²) in [5.74, 6) is 0.355. The highest BCUT2D eigenvalue weighted by atomic mass is 32.2. The van der Waals surface area contributed by atoms with Crippen molar-refractivity contribution in [1.29, 1.82) is 0 Å². The molecule has 3 aromatic heterocycles. The molecule has 39 heavy (non-hydrogen) atoms. The third kappa shape index (κ3) is 5.32. The Morgan fingerprint density at radius 1 is 1.03 bits per heavy atom. The molecule has 10 nitrogen and oxygen atoms in total. The summed E-state index contributed by atoms with van der Waals surface area (Å²) in [5.41, 5.74) is 1.97. The summed E-state index contributed by atoms with van der Waals surface area (Å²) >= 11 is 1.39. The Morgan fingerprint density at radius 2 is 1.74 bits per heavy atom. The van der Waals surface area contributed by atoms with E-state index in [4.69, 9.17) is 14.5 Å². The Morgan fingerprint density at radius 3 is 2.44 bits per heavy atom. The van der Waals surface area contributed by atoms with Crippen LogP contribution < -0.4 is 4.90 Å². The number of hydrogen-bond donors (Lipinski definition) is 0. The fourth-order valence-corrected chi connectivity index (χ4v) is 5.33. The van der Waals surface area contributed by atoms with Crippen LogP contribution in [-0.2, 0) is 22.3 Å². The first-order chi connectivity index (χ1) is 18.4. The molecule has 0 fully saturated rings. The Hall–Kier alpha value is -3.60. The molecule has 1 amide bonds. The van der Waals surface area contributed by atoms with Gasteiger partial charge < -0.3 is 9.47 Å². The predicted molar refractivity (Wildman–Crippen MR) is 151 cm³/mol. The molecule has 206 valence electrons. The first-order valence-corrected chi connectivity index (χ1v) is 14.2. The fraction of sp³-hybridized carbons (Fsp3) is 0.464. The summed E-state index contributed by atoms with van der Waals surface area (Å²) in [6, 6.07) is 9.31. The molecule has 0 radical (unpaired) electrons. The zero-order valence-electron chi connectivity index (χ0n) is 23.4. The van der Waals surface area contributed by atoms with E-state index in [2.05, 4.69) is 10.1 Å². The number of para-hydroxylation sites is 1. The molecule has 0 N–H and O–H groups in total. The molecule has 1 aromatic carbocycles. The number of rotatable bonds is 3. The van der Waals surface area contributed by atoms with Crippen LogP contribution in [0.1, 0.15) is 59.2 Å². The smallest absolute Gasteiger partial charge is 0.419 e. The van der Waals surface area contributed by atoms with Gasteiger partial charge in [0.25, 0.3) is 0 Å². The van der Waals surface area contributed by atoms with Crippen LogP contribution in [-0.4, -0.2) is 59.8 Å². The van der Waals surface area contributed by atoms with Crippen LogP contribution in [0.25, 0.3) is 16.6 Å². The van der Waals surface area contributed by atoms with Gasteiger partial charge in [0.05, 0.1) is 11.7 Å². The Balaban J connectivity index is 1.62. The molecule has 5 rings (SSSR count). The van der Waals surface area contributed by atoms with Crippen molar-refractivity contribution in [2.75, 3.05) is 11.2 Å². The van der Waals surface area contributed by atoms with Crippen LogP contribution in [0, 0.1) is 0 Å². The van der Waals surface area contributed by atoms with Crippen molar-refractivity contribution in [3.8, 4) is 0 Å². The van der Waals surface area contributed by atoms with E-state index in [-0.39, 0.29) is 6.04 Å². The minimum Gasteiger partial charge on any atom is -0.443 e. The first kappa shape index (κ1) is 27.0. The molecule has 1 atom stereocenters. The Labute approximate surface area is 231 Å². The van der Waals surface area contributed by atoms with Crippen LogP contribution in [0.4, 0.5) is 15.5 Å². The third-order valence-corrected chi connectivity index (χ3v) is 6.94. The van der Waals surface area contributed by atoms with Crippen molar-refractivity contribution < 1.29 is 19.1 Å². The number of hydrogen-bond acceptors (Lipinski definition) is 8. The second-order valence-electron chi connectivity index (χ2n) is 11.6. The maximum atomic E-state index is 13.8. The second kappa shape index (κ2) is 9.86. The van der Waals surface area contributed by atoms with Crippen LogP contribution in [0.15, 0.2) is 41.7 Å². The van der Waals surface area contributed by atoms with Gasteiger partial charge in [-0.15, -0.1) is 0 Å². The lowest BCUT2D eigenvalue weighted by Crippen LogP contribution is -2.47. The number of carbonyl (C=O) groups is 2. The highest BCUT2D eigenvalue weighted by Crippen LogP contribution is 2.36. The highest BCUT2D eigenvalue weighted by molar-refractivity contribution is 7.98. The largest absolute Gasteiger partial charge is 0.443 e. The van der Waals surface area contributed by atoms with Crippen LogP contribution in [0.5, 0.6) is 0 Å². The van der Waals surface area contributed by atoms with E-state index in [1.165, 1.54) is 11.8 Å². The normalized spacial score (nSPS) is 15.8. The number of nitrogens with zero attached hydrogens (tertiary/aromatic N) is 6. The van der Waals surface area contributed by atoms with Crippen molar-refractivity contribution in [2.45, 2.75) is 83.2 Å². The summed E-state index contributed by atoms with van der Waals surface area (Å²) in [6.07, 6.45) is 4.28. The van der Waals surface area contributed by atoms with E-state index < -0.39 is 23.4 Å². The summed E-state index contributed by atoms with van der Waals surface area (Å²) in [5, 5.41) is 5.91. The van der Waals surface area contributed by atoms with Gasteiger partial charge in [0, 0.05) is 23.2 Å². The average Bonchev–Trinajstić information content (AvgIpc) is 3.44. The van der Waals surface area contributed by atoms with Gasteiger partial charge in [0.1, 0.15) is 11.2 Å². The van der Waals surface area contributed by atoms with E-state index >= 15 is 0 Å². The number of amides is 1. The van der Waals surface area contributed by atoms with E-state index in [0.29, 0.717) is 36.0 Å². The molecule has 0 aliphatic heterocycles. The average molecular weight is 551 g/mol. The summed E-state index contributed by atoms with van der Waals surface area (Å²) < 4.78 is 14.9. The number of ether oxygens (including phenoxy) is 2. The van der Waals surface area contributed by atoms with Gasteiger partial charge in [-0.25, -0.2) is 24.0 Å². The summed E-state index contributed by atoms with van der Waals surface area (Å²) in [6.45, 7) is 11.1. The molecule has 4 aromatic rings. The third-order valence-electron chi connectivity index (χ3n) is 6.39. The molecule has 11 heteroatoms. The van der Waals surface area contributed by atoms with Crippen molar-refractivity contribution >= 4 is 46.4 Å². The Kier molecular flexibility index (Phi) is 6.82. The number of fused-ring (bicyclic) bond motifs is 4. The lowest BCUT2D eigenvalue weighted by atomic mass is 9.90. The topological polar surface area (TPSA) is 104 Å². The van der Waals surface area contributed by atoms with E-state index in [1.54, 1.807) is 26.2 Å². The number of benzene rings is 1. The van der Waals surface area contributed by atoms with Crippen molar-refractivity contribution in [1.82, 2.24) is 24.1 Å². The zero-order chi connectivity index (χ0) is 28.1. The van der Waals surface area contributed by atoms with Crippen LogP contribution in [0.2, 0.25) is 0 Å². The maximum Gasteiger partial charge on any atom is 0.419 e. The van der Waals surface area contributed by atoms with Gasteiger partial charge in [0.15, 0.2) is 10.8 Å². The van der Waals surface area contributed by atoms with Gasteiger partial charge in [-0.2, -0.15) is 14.6 Å². The standard InChI is InChI=1S/C28H34N6O4S/c1-27(2,3)37-25(35)32(24-31-23(39-7)30-22-14-15-29-34(22)24)17-12-13-21-19(16-17)18-10-8-9-11-20(18)33(21)26(36)38-28(4,5)6/h8-11,14-15,17H,12-13,16H2,1-7H3/t17-/m1/s1. The van der Waals surface area contributed by atoms with Crippen molar-refractivity contribution in [2.24, 2.45) is 0 Å². The van der Waals surface area contributed by atoms with E-state index in [0.717, 1.165) is 22.2 Å².